The van der Waals surface area contributed by atoms with Crippen molar-refractivity contribution in [2.75, 3.05) is 48.6 Å². The highest BCUT2D eigenvalue weighted by molar-refractivity contribution is 5.93. The van der Waals surface area contributed by atoms with E-state index in [1.54, 1.807) is 12.1 Å². The van der Waals surface area contributed by atoms with Crippen molar-refractivity contribution in [3.63, 3.8) is 0 Å². The maximum Gasteiger partial charge on any atom is 0.342 e. The molecule has 0 aliphatic heterocycles. The second-order valence-electron chi connectivity index (χ2n) is 4.35. The molecule has 20 heavy (non-hydrogen) atoms. The summed E-state index contributed by atoms with van der Waals surface area (Å²) in [7, 11) is 8.32. The van der Waals surface area contributed by atoms with Gasteiger partial charge in [-0.05, 0) is 14.1 Å². The number of rotatable bonds is 7. The van der Waals surface area contributed by atoms with Gasteiger partial charge in [0.15, 0.2) is 11.5 Å². The monoisotopic (exact) mass is 283 g/mol. The molecule has 0 spiro atoms. The number of hydrogen-bond acceptors (Lipinski definition) is 6. The molecule has 6 nitrogen and oxygen atoms in total. The van der Waals surface area contributed by atoms with Crippen LogP contribution in [0.2, 0.25) is 0 Å². The summed E-state index contributed by atoms with van der Waals surface area (Å²) in [6, 6.07) is 3.15. The van der Waals surface area contributed by atoms with Crippen LogP contribution in [0.4, 0.5) is 0 Å². The van der Waals surface area contributed by atoms with Crippen molar-refractivity contribution in [1.82, 2.24) is 4.90 Å². The topological polar surface area (TPSA) is 57.2 Å². The van der Waals surface area contributed by atoms with Crippen molar-refractivity contribution in [3.8, 4) is 17.2 Å². The predicted molar refractivity (Wildman–Crippen MR) is 74.9 cm³/mol. The zero-order valence-corrected chi connectivity index (χ0v) is 12.6. The highest BCUT2D eigenvalue weighted by Crippen LogP contribution is 2.34. The third kappa shape index (κ3) is 4.03. The standard InChI is InChI=1S/C14H21NO5/c1-15(2)6-7-20-14(16)10-8-12(18-4)13(19-5)9-11(10)17-3/h8-9H,6-7H2,1-5H3. The summed E-state index contributed by atoms with van der Waals surface area (Å²) in [6.45, 7) is 0.963. The number of carbonyl (C=O) groups excluding carboxylic acids is 1. The first-order chi connectivity index (χ1) is 9.53. The van der Waals surface area contributed by atoms with Gasteiger partial charge in [0.2, 0.25) is 0 Å². The van der Waals surface area contributed by atoms with Crippen molar-refractivity contribution >= 4 is 5.97 Å². The lowest BCUT2D eigenvalue weighted by atomic mass is 10.1. The lowest BCUT2D eigenvalue weighted by Crippen LogP contribution is -2.20. The number of nitrogens with zero attached hydrogens (tertiary/aromatic N) is 1. The van der Waals surface area contributed by atoms with Crippen LogP contribution in [0.1, 0.15) is 10.4 Å². The summed E-state index contributed by atoms with van der Waals surface area (Å²) < 4.78 is 20.7. The lowest BCUT2D eigenvalue weighted by molar-refractivity contribution is 0.0478. The molecule has 0 amide bonds. The van der Waals surface area contributed by atoms with Crippen molar-refractivity contribution in [2.24, 2.45) is 0 Å². The fraction of sp³-hybridized carbons (Fsp3) is 0.500. The Kier molecular flexibility index (Phi) is 6.11. The minimum absolute atomic E-state index is 0.309. The Hall–Kier alpha value is -1.95. The van der Waals surface area contributed by atoms with Gasteiger partial charge in [-0.25, -0.2) is 4.79 Å². The number of esters is 1. The smallest absolute Gasteiger partial charge is 0.342 e. The lowest BCUT2D eigenvalue weighted by Gasteiger charge is -2.14. The maximum absolute atomic E-state index is 12.1. The first kappa shape index (κ1) is 16.1. The first-order valence-corrected chi connectivity index (χ1v) is 6.15. The van der Waals surface area contributed by atoms with Crippen LogP contribution in [0.5, 0.6) is 17.2 Å². The van der Waals surface area contributed by atoms with E-state index < -0.39 is 5.97 Å². The van der Waals surface area contributed by atoms with E-state index in [1.807, 2.05) is 19.0 Å². The normalized spacial score (nSPS) is 10.3. The summed E-state index contributed by atoms with van der Waals surface area (Å²) in [6.07, 6.45) is 0. The average molecular weight is 283 g/mol. The van der Waals surface area contributed by atoms with Gasteiger partial charge in [-0.15, -0.1) is 0 Å². The molecule has 0 aliphatic carbocycles. The molecule has 0 bridgehead atoms. The van der Waals surface area contributed by atoms with Crippen molar-refractivity contribution in [2.45, 2.75) is 0 Å². The Morgan fingerprint density at radius 3 is 2.05 bits per heavy atom. The summed E-state index contributed by atoms with van der Waals surface area (Å²) in [4.78, 5) is 14.0. The Morgan fingerprint density at radius 2 is 1.55 bits per heavy atom. The molecule has 0 saturated carbocycles. The maximum atomic E-state index is 12.1. The molecule has 1 aromatic rings. The molecule has 0 atom stereocenters. The highest BCUT2D eigenvalue weighted by atomic mass is 16.5. The minimum atomic E-state index is -0.454. The predicted octanol–water partition coefficient (Wildman–Crippen LogP) is 1.43. The molecule has 0 radical (unpaired) electrons. The van der Waals surface area contributed by atoms with Crippen LogP contribution < -0.4 is 14.2 Å². The Labute approximate surface area is 119 Å². The quantitative estimate of drug-likeness (QED) is 0.706. The first-order valence-electron chi connectivity index (χ1n) is 6.15. The van der Waals surface area contributed by atoms with Gasteiger partial charge < -0.3 is 23.8 Å². The molecular formula is C14H21NO5. The van der Waals surface area contributed by atoms with Crippen LogP contribution in [0.3, 0.4) is 0 Å². The fourth-order valence-corrected chi connectivity index (χ4v) is 1.59. The number of benzene rings is 1. The van der Waals surface area contributed by atoms with Crippen LogP contribution in [-0.4, -0.2) is 59.4 Å². The van der Waals surface area contributed by atoms with Crippen LogP contribution in [0.25, 0.3) is 0 Å². The van der Waals surface area contributed by atoms with Crippen LogP contribution in [0.15, 0.2) is 12.1 Å². The van der Waals surface area contributed by atoms with Gasteiger partial charge in [0.25, 0.3) is 0 Å². The second-order valence-corrected chi connectivity index (χ2v) is 4.35. The summed E-state index contributed by atoms with van der Waals surface area (Å²) in [5, 5.41) is 0. The van der Waals surface area contributed by atoms with Gasteiger partial charge in [0, 0.05) is 18.7 Å². The number of likely N-dealkylation sites (N-methyl/N-ethyl adjacent to an activating group) is 1. The molecule has 0 saturated heterocycles. The van der Waals surface area contributed by atoms with E-state index in [-0.39, 0.29) is 0 Å². The van der Waals surface area contributed by atoms with Crippen molar-refractivity contribution in [3.05, 3.63) is 17.7 Å². The van der Waals surface area contributed by atoms with Gasteiger partial charge in [0.1, 0.15) is 17.9 Å². The van der Waals surface area contributed by atoms with E-state index in [0.717, 1.165) is 0 Å². The molecule has 1 aromatic carbocycles. The fourth-order valence-electron chi connectivity index (χ4n) is 1.59. The van der Waals surface area contributed by atoms with Crippen LogP contribution in [-0.2, 0) is 4.74 Å². The Balaban J connectivity index is 2.94. The molecular weight excluding hydrogens is 262 g/mol. The van der Waals surface area contributed by atoms with Gasteiger partial charge in [0.05, 0.1) is 21.3 Å². The molecule has 0 aliphatic rings. The molecule has 0 fully saturated rings. The van der Waals surface area contributed by atoms with Gasteiger partial charge in [-0.1, -0.05) is 0 Å². The molecule has 0 unspecified atom stereocenters. The van der Waals surface area contributed by atoms with E-state index in [4.69, 9.17) is 18.9 Å². The highest BCUT2D eigenvalue weighted by Gasteiger charge is 2.18. The van der Waals surface area contributed by atoms with Crippen LogP contribution in [0, 0.1) is 0 Å². The number of hydrogen-bond donors (Lipinski definition) is 0. The zero-order chi connectivity index (χ0) is 15.1. The minimum Gasteiger partial charge on any atom is -0.496 e. The van der Waals surface area contributed by atoms with E-state index in [2.05, 4.69) is 0 Å². The van der Waals surface area contributed by atoms with Gasteiger partial charge in [-0.3, -0.25) is 0 Å². The molecule has 0 N–H and O–H groups in total. The number of methoxy groups -OCH3 is 3. The zero-order valence-electron chi connectivity index (χ0n) is 12.6. The molecule has 112 valence electrons. The Morgan fingerprint density at radius 1 is 1.00 bits per heavy atom. The molecule has 0 heterocycles. The third-order valence-corrected chi connectivity index (χ3v) is 2.70. The van der Waals surface area contributed by atoms with Crippen molar-refractivity contribution < 1.29 is 23.7 Å². The average Bonchev–Trinajstić information content (AvgIpc) is 2.45. The van der Waals surface area contributed by atoms with Crippen LogP contribution >= 0.6 is 0 Å². The Bertz CT molecular complexity index is 459. The largest absolute Gasteiger partial charge is 0.496 e. The van der Waals surface area contributed by atoms with E-state index in [0.29, 0.717) is 36.0 Å². The van der Waals surface area contributed by atoms with Gasteiger partial charge >= 0.3 is 5.97 Å². The molecule has 0 aromatic heterocycles. The molecule has 6 heteroatoms. The van der Waals surface area contributed by atoms with E-state index in [9.17, 15) is 4.79 Å². The molecule has 1 rings (SSSR count). The number of carbonyl (C=O) groups is 1. The SMILES string of the molecule is COc1cc(OC)c(C(=O)OCCN(C)C)cc1OC. The summed E-state index contributed by atoms with van der Waals surface area (Å²) in [5.41, 5.74) is 0.309. The second kappa shape index (κ2) is 7.59. The van der Waals surface area contributed by atoms with E-state index >= 15 is 0 Å². The van der Waals surface area contributed by atoms with Crippen molar-refractivity contribution in [1.29, 1.82) is 0 Å². The third-order valence-electron chi connectivity index (χ3n) is 2.70. The van der Waals surface area contributed by atoms with E-state index in [1.165, 1.54) is 21.3 Å². The summed E-state index contributed by atoms with van der Waals surface area (Å²) >= 11 is 0. The number of ether oxygens (including phenoxy) is 4. The van der Waals surface area contributed by atoms with Gasteiger partial charge in [-0.2, -0.15) is 0 Å². The summed E-state index contributed by atoms with van der Waals surface area (Å²) in [5.74, 6) is 0.879.